The number of Topliss-reactive ketones (excluding diaryl/α,β-unsaturated/α-hetero) is 1. The molecule has 0 atom stereocenters. The maximum Gasteiger partial charge on any atom is 0.167 e. The summed E-state index contributed by atoms with van der Waals surface area (Å²) in [4.78, 5) is 12.3. The first kappa shape index (κ1) is 24.2. The topological polar surface area (TPSA) is 26.3 Å². The summed E-state index contributed by atoms with van der Waals surface area (Å²) in [5.74, 6) is 1.22. The third-order valence-electron chi connectivity index (χ3n) is 6.12. The van der Waals surface area contributed by atoms with Gasteiger partial charge in [0, 0.05) is 17.4 Å². The van der Waals surface area contributed by atoms with Crippen LogP contribution in [-0.2, 0) is 9.53 Å². The molecular formula is C25H46O2. The van der Waals surface area contributed by atoms with Gasteiger partial charge in [0.05, 0.1) is 6.61 Å². The number of ketones is 1. The average Bonchev–Trinajstić information content (AvgIpc) is 2.65. The van der Waals surface area contributed by atoms with Crippen LogP contribution in [-0.4, -0.2) is 12.4 Å². The molecule has 0 saturated carbocycles. The van der Waals surface area contributed by atoms with Gasteiger partial charge in [0.25, 0.3) is 0 Å². The molecule has 0 amide bonds. The van der Waals surface area contributed by atoms with Crippen LogP contribution >= 0.6 is 0 Å². The fourth-order valence-electron chi connectivity index (χ4n) is 4.03. The Labute approximate surface area is 169 Å². The van der Waals surface area contributed by atoms with E-state index in [1.54, 1.807) is 0 Å². The molecule has 0 radical (unpaired) electrons. The largest absolute Gasteiger partial charge is 0.498 e. The van der Waals surface area contributed by atoms with E-state index < -0.39 is 0 Å². The lowest BCUT2D eigenvalue weighted by Crippen LogP contribution is -2.30. The van der Waals surface area contributed by atoms with E-state index in [1.165, 1.54) is 83.5 Å². The summed E-state index contributed by atoms with van der Waals surface area (Å²) in [5.41, 5.74) is 0.656. The highest BCUT2D eigenvalue weighted by Crippen LogP contribution is 2.35. The lowest BCUT2D eigenvalue weighted by atomic mass is 9.76. The molecule has 0 aromatic heterocycles. The van der Waals surface area contributed by atoms with Crippen molar-refractivity contribution >= 4 is 5.78 Å². The molecule has 0 N–H and O–H groups in total. The summed E-state index contributed by atoms with van der Waals surface area (Å²) in [6.07, 6.45) is 21.1. The molecule has 0 aromatic rings. The molecule has 2 nitrogen and oxygen atoms in total. The predicted octanol–water partition coefficient (Wildman–Crippen LogP) is 8.15. The van der Waals surface area contributed by atoms with E-state index in [4.69, 9.17) is 4.74 Å². The molecule has 1 aliphatic carbocycles. The standard InChI is InChI=1S/C25H46O2/c1-5-6-7-8-9-10-11-12-13-14-15-16-17-18-21-27-23-19-20-25(3,4)24(26)22(23)2/h5-21H2,1-4H3. The first-order valence-electron chi connectivity index (χ1n) is 11.9. The van der Waals surface area contributed by atoms with Crippen molar-refractivity contribution < 1.29 is 9.53 Å². The van der Waals surface area contributed by atoms with E-state index in [-0.39, 0.29) is 11.2 Å². The molecule has 0 spiro atoms. The van der Waals surface area contributed by atoms with Crippen molar-refractivity contribution in [3.05, 3.63) is 11.3 Å². The van der Waals surface area contributed by atoms with Crippen LogP contribution in [0.3, 0.4) is 0 Å². The second-order valence-corrected chi connectivity index (χ2v) is 9.21. The van der Waals surface area contributed by atoms with Gasteiger partial charge in [-0.05, 0) is 19.8 Å². The van der Waals surface area contributed by atoms with E-state index in [9.17, 15) is 4.79 Å². The minimum absolute atomic E-state index is 0.202. The van der Waals surface area contributed by atoms with Crippen molar-refractivity contribution in [3.63, 3.8) is 0 Å². The SMILES string of the molecule is CCCCCCCCCCCCCCCCOC1=C(C)C(=O)C(C)(C)CC1. The summed E-state index contributed by atoms with van der Waals surface area (Å²) in [6.45, 7) is 9.08. The van der Waals surface area contributed by atoms with Crippen LogP contribution in [0.5, 0.6) is 0 Å². The van der Waals surface area contributed by atoms with Crippen molar-refractivity contribution in [2.75, 3.05) is 6.61 Å². The van der Waals surface area contributed by atoms with Crippen LogP contribution in [0.2, 0.25) is 0 Å². The van der Waals surface area contributed by atoms with Crippen LogP contribution in [0.1, 0.15) is 130 Å². The summed E-state index contributed by atoms with van der Waals surface area (Å²) < 4.78 is 5.92. The second kappa shape index (κ2) is 14.2. The molecule has 0 aliphatic heterocycles. The van der Waals surface area contributed by atoms with Crippen LogP contribution in [0, 0.1) is 5.41 Å². The highest BCUT2D eigenvalue weighted by Gasteiger charge is 2.34. The summed E-state index contributed by atoms with van der Waals surface area (Å²) in [6, 6.07) is 0. The van der Waals surface area contributed by atoms with Gasteiger partial charge in [0.2, 0.25) is 0 Å². The maximum atomic E-state index is 12.3. The minimum Gasteiger partial charge on any atom is -0.498 e. The van der Waals surface area contributed by atoms with Gasteiger partial charge in [-0.1, -0.05) is 104 Å². The molecule has 0 bridgehead atoms. The molecule has 27 heavy (non-hydrogen) atoms. The Bertz CT molecular complexity index is 434. The molecule has 0 fully saturated rings. The number of hydrogen-bond acceptors (Lipinski definition) is 2. The number of allylic oxidation sites excluding steroid dienone is 2. The van der Waals surface area contributed by atoms with Crippen molar-refractivity contribution in [2.45, 2.75) is 130 Å². The first-order chi connectivity index (χ1) is 13.0. The minimum atomic E-state index is -0.202. The Hall–Kier alpha value is -0.790. The Morgan fingerprint density at radius 1 is 0.778 bits per heavy atom. The van der Waals surface area contributed by atoms with Gasteiger partial charge in [-0.2, -0.15) is 0 Å². The number of ether oxygens (including phenoxy) is 1. The number of unbranched alkanes of at least 4 members (excludes halogenated alkanes) is 13. The Kier molecular flexibility index (Phi) is 12.8. The fraction of sp³-hybridized carbons (Fsp3) is 0.880. The average molecular weight is 379 g/mol. The van der Waals surface area contributed by atoms with E-state index in [0.29, 0.717) is 0 Å². The van der Waals surface area contributed by atoms with E-state index in [1.807, 2.05) is 20.8 Å². The van der Waals surface area contributed by atoms with Crippen molar-refractivity contribution in [1.29, 1.82) is 0 Å². The number of hydrogen-bond donors (Lipinski definition) is 0. The predicted molar refractivity (Wildman–Crippen MR) is 117 cm³/mol. The molecule has 158 valence electrons. The van der Waals surface area contributed by atoms with Gasteiger partial charge in [0.15, 0.2) is 5.78 Å². The first-order valence-corrected chi connectivity index (χ1v) is 11.9. The van der Waals surface area contributed by atoms with Crippen molar-refractivity contribution in [2.24, 2.45) is 5.41 Å². The van der Waals surface area contributed by atoms with Gasteiger partial charge in [-0.15, -0.1) is 0 Å². The quantitative estimate of drug-likeness (QED) is 0.253. The summed E-state index contributed by atoms with van der Waals surface area (Å²) in [5, 5.41) is 0. The Morgan fingerprint density at radius 2 is 1.22 bits per heavy atom. The van der Waals surface area contributed by atoms with E-state index >= 15 is 0 Å². The number of carbonyl (C=O) groups is 1. The van der Waals surface area contributed by atoms with E-state index in [2.05, 4.69) is 6.92 Å². The zero-order valence-corrected chi connectivity index (χ0v) is 18.8. The summed E-state index contributed by atoms with van der Waals surface area (Å²) >= 11 is 0. The van der Waals surface area contributed by atoms with Crippen LogP contribution < -0.4 is 0 Å². The second-order valence-electron chi connectivity index (χ2n) is 9.21. The Morgan fingerprint density at radius 3 is 1.70 bits per heavy atom. The zero-order valence-electron chi connectivity index (χ0n) is 18.8. The molecule has 2 heteroatoms. The van der Waals surface area contributed by atoms with Crippen LogP contribution in [0.25, 0.3) is 0 Å². The van der Waals surface area contributed by atoms with Gasteiger partial charge in [0.1, 0.15) is 5.76 Å². The lowest BCUT2D eigenvalue weighted by molar-refractivity contribution is -0.124. The summed E-state index contributed by atoms with van der Waals surface area (Å²) in [7, 11) is 0. The molecule has 0 unspecified atom stereocenters. The van der Waals surface area contributed by atoms with Gasteiger partial charge < -0.3 is 4.74 Å². The maximum absolute atomic E-state index is 12.3. The van der Waals surface area contributed by atoms with E-state index in [0.717, 1.165) is 37.2 Å². The smallest absolute Gasteiger partial charge is 0.167 e. The highest BCUT2D eigenvalue weighted by atomic mass is 16.5. The van der Waals surface area contributed by atoms with Crippen LogP contribution in [0.4, 0.5) is 0 Å². The zero-order chi connectivity index (χ0) is 20.0. The molecule has 1 rings (SSSR count). The third kappa shape index (κ3) is 10.4. The lowest BCUT2D eigenvalue weighted by Gasteiger charge is -2.30. The Balaban J connectivity index is 1.90. The van der Waals surface area contributed by atoms with Gasteiger partial charge >= 0.3 is 0 Å². The molecular weight excluding hydrogens is 332 g/mol. The molecule has 0 aromatic carbocycles. The molecule has 1 aliphatic rings. The normalized spacial score (nSPS) is 16.8. The number of carbonyl (C=O) groups excluding carboxylic acids is 1. The molecule has 0 saturated heterocycles. The van der Waals surface area contributed by atoms with Gasteiger partial charge in [-0.25, -0.2) is 0 Å². The highest BCUT2D eigenvalue weighted by molar-refractivity contribution is 6.00. The monoisotopic (exact) mass is 378 g/mol. The van der Waals surface area contributed by atoms with Crippen LogP contribution in [0.15, 0.2) is 11.3 Å². The number of rotatable bonds is 16. The molecule has 0 heterocycles. The van der Waals surface area contributed by atoms with Crippen molar-refractivity contribution in [1.82, 2.24) is 0 Å². The van der Waals surface area contributed by atoms with Gasteiger partial charge in [-0.3, -0.25) is 4.79 Å². The third-order valence-corrected chi connectivity index (χ3v) is 6.12. The van der Waals surface area contributed by atoms with Crippen molar-refractivity contribution in [3.8, 4) is 0 Å². The fourth-order valence-corrected chi connectivity index (χ4v) is 4.03.